The molecule has 4 rings (SSSR count). The Kier molecular flexibility index (Phi) is 10.4. The van der Waals surface area contributed by atoms with Crippen LogP contribution in [0.3, 0.4) is 0 Å². The highest BCUT2D eigenvalue weighted by atomic mass is 16.7. The molecule has 0 bridgehead atoms. The molecule has 3 saturated carbocycles. The molecule has 0 spiro atoms. The number of rotatable bonds is 9. The molecule has 0 amide bonds. The number of aliphatic hydroxyl groups is 3. The maximum absolute atomic E-state index is 11.5. The van der Waals surface area contributed by atoms with Gasteiger partial charge in [-0.05, 0) is 86.0 Å². The fraction of sp³-hybridized carbons (Fsp3) is 0.788. The Labute approximate surface area is 240 Å². The highest BCUT2D eigenvalue weighted by Gasteiger charge is 2.51. The normalized spacial score (nSPS) is 41.5. The maximum Gasteiger partial charge on any atom is 0.335 e. The number of ether oxygens (including phenoxy) is 2. The van der Waals surface area contributed by atoms with Crippen molar-refractivity contribution in [1.29, 1.82) is 0 Å². The molecule has 1 saturated heterocycles. The first-order chi connectivity index (χ1) is 18.9. The van der Waals surface area contributed by atoms with Crippen LogP contribution in [0.5, 0.6) is 0 Å². The van der Waals surface area contributed by atoms with E-state index < -0.39 is 36.7 Å². The molecule has 4 aliphatic rings. The monoisotopic (exact) mass is 560 g/mol. The summed E-state index contributed by atoms with van der Waals surface area (Å²) in [6.07, 6.45) is 8.55. The third-order valence-corrected chi connectivity index (χ3v) is 10.5. The predicted molar refractivity (Wildman–Crippen MR) is 154 cm³/mol. The van der Waals surface area contributed by atoms with Crippen molar-refractivity contribution in [1.82, 2.24) is 0 Å². The molecule has 3 aliphatic carbocycles. The number of allylic oxidation sites excluding steroid dienone is 4. The number of hydrogen-bond donors (Lipinski definition) is 4. The topological polar surface area (TPSA) is 116 Å². The van der Waals surface area contributed by atoms with Gasteiger partial charge < -0.3 is 29.9 Å². The van der Waals surface area contributed by atoms with Gasteiger partial charge in [-0.25, -0.2) is 4.79 Å². The summed E-state index contributed by atoms with van der Waals surface area (Å²) < 4.78 is 11.3. The average Bonchev–Trinajstić information content (AvgIpc) is 3.26. The van der Waals surface area contributed by atoms with E-state index in [-0.39, 0.29) is 6.10 Å². The van der Waals surface area contributed by atoms with Crippen molar-refractivity contribution in [3.8, 4) is 0 Å². The van der Waals surface area contributed by atoms with Gasteiger partial charge in [0.25, 0.3) is 0 Å². The van der Waals surface area contributed by atoms with Crippen molar-refractivity contribution in [2.24, 2.45) is 29.1 Å². The molecule has 226 valence electrons. The fourth-order valence-electron chi connectivity index (χ4n) is 8.11. The minimum atomic E-state index is -1.72. The van der Waals surface area contributed by atoms with Gasteiger partial charge in [0.15, 0.2) is 12.4 Å². The summed E-state index contributed by atoms with van der Waals surface area (Å²) in [7, 11) is 0. The fourth-order valence-corrected chi connectivity index (χ4v) is 8.11. The standard InChI is InChI=1S/C33H52O7/c1-19(2)8-6-9-21(4)25-15-16-26-22(10-7-17-33(25,26)5)12-13-23-18-24(14-11-20(23)3)39-32-29(36)27(34)28(35)30(40-32)31(37)38/h12-13,19,21,24-30,32,34-36H,3,6-11,14-18H2,1-2,4-5H3,(H,37,38)/b22-12-,23-13-/t21-,24+,25-,26+,27+,28+,29+,30-,32-,33-/m1/s1. The van der Waals surface area contributed by atoms with Crippen LogP contribution in [0.25, 0.3) is 0 Å². The predicted octanol–water partition coefficient (Wildman–Crippen LogP) is 5.54. The minimum absolute atomic E-state index is 0.314. The number of hydrogen-bond acceptors (Lipinski definition) is 6. The van der Waals surface area contributed by atoms with Gasteiger partial charge in [0.2, 0.25) is 0 Å². The lowest BCUT2D eigenvalue weighted by Crippen LogP contribution is -2.60. The molecule has 0 aromatic carbocycles. The van der Waals surface area contributed by atoms with Crippen molar-refractivity contribution >= 4 is 5.97 Å². The lowest BCUT2D eigenvalue weighted by Gasteiger charge is -2.44. The zero-order valence-corrected chi connectivity index (χ0v) is 24.9. The Balaban J connectivity index is 1.42. The molecular weight excluding hydrogens is 508 g/mol. The largest absolute Gasteiger partial charge is 0.479 e. The van der Waals surface area contributed by atoms with E-state index in [1.807, 2.05) is 0 Å². The number of carbonyl (C=O) groups is 1. The molecule has 40 heavy (non-hydrogen) atoms. The van der Waals surface area contributed by atoms with Crippen molar-refractivity contribution in [3.63, 3.8) is 0 Å². The van der Waals surface area contributed by atoms with Crippen molar-refractivity contribution in [3.05, 3.63) is 35.5 Å². The van der Waals surface area contributed by atoms with Gasteiger partial charge in [-0.15, -0.1) is 0 Å². The highest BCUT2D eigenvalue weighted by molar-refractivity contribution is 5.73. The molecule has 1 aliphatic heterocycles. The smallest absolute Gasteiger partial charge is 0.335 e. The summed E-state index contributed by atoms with van der Waals surface area (Å²) in [5.41, 5.74) is 4.10. The van der Waals surface area contributed by atoms with Crippen LogP contribution < -0.4 is 0 Å². The molecule has 0 aromatic rings. The third-order valence-electron chi connectivity index (χ3n) is 10.5. The van der Waals surface area contributed by atoms with Crippen LogP contribution in [0, 0.1) is 29.1 Å². The summed E-state index contributed by atoms with van der Waals surface area (Å²) in [4.78, 5) is 11.5. The van der Waals surface area contributed by atoms with E-state index in [1.54, 1.807) is 5.57 Å². The van der Waals surface area contributed by atoms with Gasteiger partial charge >= 0.3 is 5.97 Å². The molecule has 0 unspecified atom stereocenters. The molecule has 4 fully saturated rings. The number of aliphatic hydroxyl groups excluding tert-OH is 3. The Morgan fingerprint density at radius 1 is 1.07 bits per heavy atom. The van der Waals surface area contributed by atoms with Crippen LogP contribution >= 0.6 is 0 Å². The molecule has 1 heterocycles. The molecule has 7 heteroatoms. The van der Waals surface area contributed by atoms with E-state index in [2.05, 4.69) is 46.4 Å². The Hall–Kier alpha value is -1.51. The number of carboxylic acid groups (broad SMARTS) is 1. The van der Waals surface area contributed by atoms with E-state index in [1.165, 1.54) is 44.9 Å². The second-order valence-corrected chi connectivity index (χ2v) is 13.7. The number of fused-ring (bicyclic) bond motifs is 1. The zero-order chi connectivity index (χ0) is 29.2. The quantitative estimate of drug-likeness (QED) is 0.293. The van der Waals surface area contributed by atoms with Gasteiger partial charge in [-0.1, -0.05) is 76.8 Å². The van der Waals surface area contributed by atoms with Crippen molar-refractivity contribution in [2.45, 2.75) is 135 Å². The summed E-state index contributed by atoms with van der Waals surface area (Å²) >= 11 is 0. The molecule has 7 nitrogen and oxygen atoms in total. The highest BCUT2D eigenvalue weighted by Crippen LogP contribution is 2.60. The molecule has 0 aromatic heterocycles. The van der Waals surface area contributed by atoms with Crippen LogP contribution in [0.15, 0.2) is 35.5 Å². The Morgan fingerprint density at radius 3 is 2.52 bits per heavy atom. The van der Waals surface area contributed by atoms with Crippen LogP contribution in [0.4, 0.5) is 0 Å². The lowest BCUT2D eigenvalue weighted by atomic mass is 9.60. The zero-order valence-electron chi connectivity index (χ0n) is 24.9. The first-order valence-corrected chi connectivity index (χ1v) is 15.6. The van der Waals surface area contributed by atoms with Crippen molar-refractivity contribution < 1.29 is 34.7 Å². The Morgan fingerprint density at radius 2 is 1.82 bits per heavy atom. The SMILES string of the molecule is C=C1CC[C@H](O[C@@H]2O[C@@H](C(=O)O)[C@@H](O)[C@H](O)[C@@H]2O)C/C1=C/C=C1/CCC[C@]2(C)[C@@H]([C@H](C)CCCC(C)C)CC[C@@H]12. The second kappa shape index (κ2) is 13.2. The lowest BCUT2D eigenvalue weighted by molar-refractivity contribution is -0.304. The molecule has 0 radical (unpaired) electrons. The molecule has 4 N–H and O–H groups in total. The van der Waals surface area contributed by atoms with Crippen LogP contribution in [0.1, 0.15) is 98.3 Å². The van der Waals surface area contributed by atoms with Gasteiger partial charge in [0.05, 0.1) is 6.10 Å². The van der Waals surface area contributed by atoms with Gasteiger partial charge in [0.1, 0.15) is 18.3 Å². The van der Waals surface area contributed by atoms with E-state index in [0.29, 0.717) is 24.2 Å². The number of carboxylic acids is 1. The van der Waals surface area contributed by atoms with E-state index in [0.717, 1.165) is 41.7 Å². The van der Waals surface area contributed by atoms with Gasteiger partial charge in [0, 0.05) is 0 Å². The Bertz CT molecular complexity index is 970. The molecular formula is C33H52O7. The van der Waals surface area contributed by atoms with Crippen molar-refractivity contribution in [2.75, 3.05) is 0 Å². The minimum Gasteiger partial charge on any atom is -0.479 e. The number of aliphatic carboxylic acids is 1. The summed E-state index contributed by atoms with van der Waals surface area (Å²) in [5.74, 6) is 1.55. The van der Waals surface area contributed by atoms with E-state index in [9.17, 15) is 25.2 Å². The summed E-state index contributed by atoms with van der Waals surface area (Å²) in [5, 5.41) is 39.8. The van der Waals surface area contributed by atoms with Gasteiger partial charge in [-0.3, -0.25) is 0 Å². The van der Waals surface area contributed by atoms with Crippen LogP contribution in [0.2, 0.25) is 0 Å². The third kappa shape index (κ3) is 6.75. The first-order valence-electron chi connectivity index (χ1n) is 15.6. The van der Waals surface area contributed by atoms with E-state index in [4.69, 9.17) is 9.47 Å². The average molecular weight is 561 g/mol. The van der Waals surface area contributed by atoms with E-state index >= 15 is 0 Å². The van der Waals surface area contributed by atoms with Crippen LogP contribution in [-0.2, 0) is 14.3 Å². The van der Waals surface area contributed by atoms with Gasteiger partial charge in [-0.2, -0.15) is 0 Å². The summed E-state index contributed by atoms with van der Waals surface area (Å²) in [6, 6.07) is 0. The maximum atomic E-state index is 11.5. The second-order valence-electron chi connectivity index (χ2n) is 13.7. The first kappa shape index (κ1) is 31.4. The van der Waals surface area contributed by atoms with Crippen LogP contribution in [-0.4, -0.2) is 63.2 Å². The molecule has 10 atom stereocenters. The summed E-state index contributed by atoms with van der Waals surface area (Å²) in [6.45, 7) is 13.9.